The molecular weight excluding hydrogens is 352 g/mol. The lowest BCUT2D eigenvalue weighted by molar-refractivity contribution is 0.191. The smallest absolute Gasteiger partial charge is 0.317 e. The lowest BCUT2D eigenvalue weighted by Gasteiger charge is -2.24. The van der Waals surface area contributed by atoms with E-state index in [-0.39, 0.29) is 12.1 Å². The van der Waals surface area contributed by atoms with Gasteiger partial charge >= 0.3 is 6.03 Å². The molecule has 1 N–H and O–H groups in total. The molecule has 2 amide bonds. The SMILES string of the molecule is O=C(NCCc1ccccc1)N1CCCC1Cc1noc(-c2ccccc2)n1. The van der Waals surface area contributed by atoms with Crippen molar-refractivity contribution >= 4 is 6.03 Å². The summed E-state index contributed by atoms with van der Waals surface area (Å²) in [6.45, 7) is 1.40. The topological polar surface area (TPSA) is 71.3 Å². The van der Waals surface area contributed by atoms with E-state index in [0.717, 1.165) is 31.4 Å². The van der Waals surface area contributed by atoms with Crippen molar-refractivity contribution in [3.05, 3.63) is 72.1 Å². The van der Waals surface area contributed by atoms with Crippen LogP contribution in [-0.4, -0.2) is 40.2 Å². The van der Waals surface area contributed by atoms with Gasteiger partial charge < -0.3 is 14.7 Å². The lowest BCUT2D eigenvalue weighted by atomic mass is 10.1. The predicted molar refractivity (Wildman–Crippen MR) is 107 cm³/mol. The van der Waals surface area contributed by atoms with Crippen molar-refractivity contribution in [2.24, 2.45) is 0 Å². The van der Waals surface area contributed by atoms with Crippen LogP contribution in [0.5, 0.6) is 0 Å². The van der Waals surface area contributed by atoms with Gasteiger partial charge in [-0.2, -0.15) is 4.98 Å². The van der Waals surface area contributed by atoms with Crippen molar-refractivity contribution in [1.82, 2.24) is 20.4 Å². The molecule has 6 nitrogen and oxygen atoms in total. The predicted octanol–water partition coefficient (Wildman–Crippen LogP) is 3.70. The minimum absolute atomic E-state index is 0.00907. The van der Waals surface area contributed by atoms with Crippen molar-refractivity contribution in [2.75, 3.05) is 13.1 Å². The summed E-state index contributed by atoms with van der Waals surface area (Å²) in [5, 5.41) is 7.15. The summed E-state index contributed by atoms with van der Waals surface area (Å²) in [6, 6.07) is 20.0. The molecule has 0 bridgehead atoms. The van der Waals surface area contributed by atoms with Gasteiger partial charge in [-0.05, 0) is 37.0 Å². The highest BCUT2D eigenvalue weighted by Gasteiger charge is 2.30. The van der Waals surface area contributed by atoms with E-state index < -0.39 is 0 Å². The number of rotatable bonds is 6. The number of amides is 2. The second-order valence-corrected chi connectivity index (χ2v) is 7.04. The highest BCUT2D eigenvalue weighted by molar-refractivity contribution is 5.74. The van der Waals surface area contributed by atoms with E-state index >= 15 is 0 Å². The first kappa shape index (κ1) is 18.2. The van der Waals surface area contributed by atoms with Crippen LogP contribution in [0.1, 0.15) is 24.2 Å². The Kier molecular flexibility index (Phi) is 5.66. The number of hydrogen-bond donors (Lipinski definition) is 1. The third-order valence-corrected chi connectivity index (χ3v) is 5.08. The van der Waals surface area contributed by atoms with Gasteiger partial charge in [0.1, 0.15) is 0 Å². The maximum absolute atomic E-state index is 12.6. The highest BCUT2D eigenvalue weighted by Crippen LogP contribution is 2.22. The van der Waals surface area contributed by atoms with Crippen molar-refractivity contribution < 1.29 is 9.32 Å². The monoisotopic (exact) mass is 376 g/mol. The van der Waals surface area contributed by atoms with Gasteiger partial charge in [-0.25, -0.2) is 4.79 Å². The van der Waals surface area contributed by atoms with Gasteiger partial charge in [0.05, 0.1) is 0 Å². The Hall–Kier alpha value is -3.15. The number of nitrogens with zero attached hydrogens (tertiary/aromatic N) is 3. The minimum Gasteiger partial charge on any atom is -0.338 e. The molecule has 0 spiro atoms. The summed E-state index contributed by atoms with van der Waals surface area (Å²) in [5.41, 5.74) is 2.13. The molecule has 0 aliphatic carbocycles. The van der Waals surface area contributed by atoms with Crippen LogP contribution >= 0.6 is 0 Å². The first-order chi connectivity index (χ1) is 13.8. The second kappa shape index (κ2) is 8.69. The van der Waals surface area contributed by atoms with Gasteiger partial charge in [-0.3, -0.25) is 0 Å². The van der Waals surface area contributed by atoms with Gasteiger partial charge in [0.2, 0.25) is 0 Å². The van der Waals surface area contributed by atoms with Crippen molar-refractivity contribution in [3.63, 3.8) is 0 Å². The van der Waals surface area contributed by atoms with Crippen LogP contribution in [0.2, 0.25) is 0 Å². The lowest BCUT2D eigenvalue weighted by Crippen LogP contribution is -2.44. The van der Waals surface area contributed by atoms with E-state index in [1.165, 1.54) is 5.56 Å². The number of urea groups is 1. The van der Waals surface area contributed by atoms with Crippen LogP contribution in [0.25, 0.3) is 11.5 Å². The third-order valence-electron chi connectivity index (χ3n) is 5.08. The molecule has 28 heavy (non-hydrogen) atoms. The Morgan fingerprint density at radius 3 is 2.64 bits per heavy atom. The summed E-state index contributed by atoms with van der Waals surface area (Å²) in [7, 11) is 0. The molecule has 6 heteroatoms. The van der Waals surface area contributed by atoms with E-state index in [0.29, 0.717) is 24.7 Å². The number of benzene rings is 2. The van der Waals surface area contributed by atoms with Gasteiger partial charge in [0, 0.05) is 31.1 Å². The number of nitrogens with one attached hydrogen (secondary N) is 1. The molecular formula is C22H24N4O2. The van der Waals surface area contributed by atoms with Gasteiger partial charge in [0.15, 0.2) is 5.82 Å². The van der Waals surface area contributed by atoms with Gasteiger partial charge in [-0.1, -0.05) is 53.7 Å². The Labute approximate surface area is 164 Å². The average molecular weight is 376 g/mol. The first-order valence-electron chi connectivity index (χ1n) is 9.76. The minimum atomic E-state index is -0.00907. The fraction of sp³-hybridized carbons (Fsp3) is 0.318. The van der Waals surface area contributed by atoms with Crippen molar-refractivity contribution in [2.45, 2.75) is 31.7 Å². The number of carbonyl (C=O) groups excluding carboxylic acids is 1. The van der Waals surface area contributed by atoms with Gasteiger partial charge in [0.25, 0.3) is 5.89 Å². The van der Waals surface area contributed by atoms with Crippen LogP contribution in [0.4, 0.5) is 4.79 Å². The molecule has 2 heterocycles. The largest absolute Gasteiger partial charge is 0.338 e. The summed E-state index contributed by atoms with van der Waals surface area (Å²) in [4.78, 5) is 19.0. The number of hydrogen-bond acceptors (Lipinski definition) is 4. The van der Waals surface area contributed by atoms with Crippen LogP contribution in [0, 0.1) is 0 Å². The molecule has 1 atom stereocenters. The van der Waals surface area contributed by atoms with Crippen LogP contribution in [0.3, 0.4) is 0 Å². The Balaban J connectivity index is 1.32. The fourth-order valence-electron chi connectivity index (χ4n) is 3.62. The molecule has 2 aromatic carbocycles. The second-order valence-electron chi connectivity index (χ2n) is 7.04. The molecule has 144 valence electrons. The molecule has 0 radical (unpaired) electrons. The van der Waals surface area contributed by atoms with E-state index in [1.807, 2.05) is 53.4 Å². The van der Waals surface area contributed by atoms with Crippen molar-refractivity contribution in [1.29, 1.82) is 0 Å². The summed E-state index contributed by atoms with van der Waals surface area (Å²) < 4.78 is 5.39. The molecule has 1 fully saturated rings. The number of likely N-dealkylation sites (tertiary alicyclic amines) is 1. The molecule has 0 saturated carbocycles. The zero-order valence-corrected chi connectivity index (χ0v) is 15.8. The maximum atomic E-state index is 12.6. The Bertz CT molecular complexity index is 895. The quantitative estimate of drug-likeness (QED) is 0.712. The zero-order chi connectivity index (χ0) is 19.2. The summed E-state index contributed by atoms with van der Waals surface area (Å²) in [6.07, 6.45) is 3.40. The Morgan fingerprint density at radius 2 is 1.86 bits per heavy atom. The van der Waals surface area contributed by atoms with Crippen LogP contribution < -0.4 is 5.32 Å². The molecule has 1 aliphatic heterocycles. The standard InChI is InChI=1S/C22H24N4O2/c27-22(23-14-13-17-8-3-1-4-9-17)26-15-7-12-19(26)16-20-24-21(28-25-20)18-10-5-2-6-11-18/h1-6,8-11,19H,7,12-16H2,(H,23,27). The molecule has 1 aliphatic rings. The number of carbonyl (C=O) groups is 1. The maximum Gasteiger partial charge on any atom is 0.317 e. The normalized spacial score (nSPS) is 16.3. The third kappa shape index (κ3) is 4.39. The first-order valence-corrected chi connectivity index (χ1v) is 9.76. The van der Waals surface area contributed by atoms with Gasteiger partial charge in [-0.15, -0.1) is 0 Å². The number of aromatic nitrogens is 2. The van der Waals surface area contributed by atoms with Crippen LogP contribution in [0.15, 0.2) is 65.2 Å². The highest BCUT2D eigenvalue weighted by atomic mass is 16.5. The molecule has 1 aromatic heterocycles. The summed E-state index contributed by atoms with van der Waals surface area (Å²) in [5.74, 6) is 1.17. The average Bonchev–Trinajstić information content (AvgIpc) is 3.39. The molecule has 4 rings (SSSR count). The molecule has 1 saturated heterocycles. The molecule has 3 aromatic rings. The van der Waals surface area contributed by atoms with E-state index in [2.05, 4.69) is 27.6 Å². The van der Waals surface area contributed by atoms with Crippen molar-refractivity contribution in [3.8, 4) is 11.5 Å². The zero-order valence-electron chi connectivity index (χ0n) is 15.8. The summed E-state index contributed by atoms with van der Waals surface area (Å²) >= 11 is 0. The Morgan fingerprint density at radius 1 is 1.11 bits per heavy atom. The van der Waals surface area contributed by atoms with E-state index in [9.17, 15) is 4.79 Å². The molecule has 1 unspecified atom stereocenters. The van der Waals surface area contributed by atoms with E-state index in [1.54, 1.807) is 0 Å². The van der Waals surface area contributed by atoms with E-state index in [4.69, 9.17) is 4.52 Å². The van der Waals surface area contributed by atoms with Crippen LogP contribution in [-0.2, 0) is 12.8 Å². The fourth-order valence-corrected chi connectivity index (χ4v) is 3.62.